The molecule has 0 aliphatic heterocycles. The van der Waals surface area contributed by atoms with Gasteiger partial charge in [0, 0.05) is 88.6 Å². The number of benzene rings is 16. The van der Waals surface area contributed by atoms with Crippen LogP contribution in [0.5, 0.6) is 0 Å². The highest BCUT2D eigenvalue weighted by Crippen LogP contribution is 2.57. The molecule has 4 nitrogen and oxygen atoms in total. The maximum absolute atomic E-state index is 16.2. The summed E-state index contributed by atoms with van der Waals surface area (Å²) in [6, 6.07) is 97.2. The number of fused-ring (bicyclic) bond motifs is 12. The second-order valence-electron chi connectivity index (χ2n) is 27.1. The molecule has 1 aliphatic carbocycles. The first-order valence-corrected chi connectivity index (χ1v) is 34.1. The Morgan fingerprint density at radius 3 is 0.400 bits per heavy atom. The summed E-state index contributed by atoms with van der Waals surface area (Å²) >= 11 is 0. The minimum atomic E-state index is -0.692. The van der Waals surface area contributed by atoms with Gasteiger partial charge in [-0.15, -0.1) is 0 Å². The summed E-state index contributed by atoms with van der Waals surface area (Å²) in [5.74, 6) is -4.24. The molecule has 0 amide bonds. The summed E-state index contributed by atoms with van der Waals surface area (Å²) in [6.07, 6.45) is 0. The topological polar surface area (TPSA) is 63.2 Å². The van der Waals surface area contributed by atoms with Crippen LogP contribution in [0.3, 0.4) is 0 Å². The quantitative estimate of drug-likeness (QED) is 0.100. The maximum atomic E-state index is 16.2. The van der Waals surface area contributed by atoms with Gasteiger partial charge in [-0.05, 0) is 157 Å². The van der Waals surface area contributed by atoms with Crippen LogP contribution in [0.15, 0.2) is 291 Å². The van der Waals surface area contributed by atoms with Crippen molar-refractivity contribution in [2.75, 3.05) is 0 Å². The van der Waals surface area contributed by atoms with Crippen molar-refractivity contribution in [3.05, 3.63) is 382 Å². The van der Waals surface area contributed by atoms with E-state index in [1.165, 1.54) is 0 Å². The summed E-state index contributed by atoms with van der Waals surface area (Å²) in [7, 11) is 0. The number of halogens is 4. The van der Waals surface area contributed by atoms with Crippen molar-refractivity contribution < 1.29 is 17.6 Å². The van der Waals surface area contributed by atoms with E-state index in [2.05, 4.69) is 214 Å². The highest BCUT2D eigenvalue weighted by molar-refractivity contribution is 6.32. The van der Waals surface area contributed by atoms with Gasteiger partial charge in [-0.1, -0.05) is 243 Å². The van der Waals surface area contributed by atoms with Gasteiger partial charge in [0.1, 0.15) is 23.3 Å². The van der Waals surface area contributed by atoms with Crippen molar-refractivity contribution in [2.45, 2.75) is 23.7 Å². The minimum absolute atomic E-state index is 0.367. The first-order valence-electron chi connectivity index (χ1n) is 34.1. The average molecular weight is 1290 g/mol. The zero-order valence-electron chi connectivity index (χ0n) is 53.5. The van der Waals surface area contributed by atoms with Gasteiger partial charge in [0.25, 0.3) is 0 Å². The molecule has 4 aromatic heterocycles. The van der Waals surface area contributed by atoms with Gasteiger partial charge in [0.2, 0.25) is 0 Å². The van der Waals surface area contributed by atoms with Crippen molar-refractivity contribution >= 4 is 129 Å². The summed E-state index contributed by atoms with van der Waals surface area (Å²) in [5, 5.41) is 24.4. The molecule has 472 valence electrons. The van der Waals surface area contributed by atoms with E-state index in [0.29, 0.717) is 0 Å². The number of rotatable bonds is 4. The van der Waals surface area contributed by atoms with E-state index in [1.807, 2.05) is 48.5 Å². The molecule has 0 fully saturated rings. The number of hydrogen-bond acceptors (Lipinski definition) is 0. The molecular weight excluding hydrogens is 1240 g/mol. The van der Waals surface area contributed by atoms with Crippen molar-refractivity contribution in [3.8, 4) is 0 Å². The van der Waals surface area contributed by atoms with Crippen LogP contribution in [0.4, 0.5) is 17.6 Å². The third kappa shape index (κ3) is 8.04. The lowest BCUT2D eigenvalue weighted by molar-refractivity contribution is 0.626. The van der Waals surface area contributed by atoms with Gasteiger partial charge in [-0.3, -0.25) is 0 Å². The van der Waals surface area contributed by atoms with Gasteiger partial charge in [-0.2, -0.15) is 0 Å². The molecule has 0 saturated carbocycles. The number of hydrogen-bond donors (Lipinski definition) is 4. The molecule has 4 heterocycles. The lowest BCUT2D eigenvalue weighted by atomic mass is 9.82. The molecule has 1 aliphatic rings. The summed E-state index contributed by atoms with van der Waals surface area (Å²) in [6.45, 7) is 0. The zero-order chi connectivity index (χ0) is 66.2. The minimum Gasteiger partial charge on any atom is -0.360 e. The molecule has 21 rings (SSSR count). The fraction of sp³-hybridized carbons (Fsp3) is 0.0435. The first-order chi connectivity index (χ1) is 49.3. The van der Waals surface area contributed by atoms with Crippen molar-refractivity contribution in [3.63, 3.8) is 0 Å². The van der Waals surface area contributed by atoms with E-state index < -0.39 is 23.7 Å². The molecule has 0 spiro atoms. The zero-order valence-corrected chi connectivity index (χ0v) is 53.5. The molecule has 20 aromatic rings. The maximum Gasteiger partial charge on any atom is 0.123 e. The Balaban J connectivity index is 1.08. The van der Waals surface area contributed by atoms with Gasteiger partial charge in [-0.25, -0.2) is 17.6 Å². The first kappa shape index (κ1) is 56.6. The van der Waals surface area contributed by atoms with E-state index in [0.717, 1.165) is 197 Å². The largest absolute Gasteiger partial charge is 0.360 e. The van der Waals surface area contributed by atoms with Crippen LogP contribution in [0.2, 0.25) is 0 Å². The lowest BCUT2D eigenvalue weighted by Crippen LogP contribution is -2.11. The molecular formula is C92H56F4N4. The van der Waals surface area contributed by atoms with Crippen LogP contribution in [0.1, 0.15) is 91.5 Å². The molecule has 8 bridgehead atoms. The van der Waals surface area contributed by atoms with E-state index in [-0.39, 0.29) is 23.3 Å². The molecule has 0 saturated heterocycles. The molecule has 8 heteroatoms. The number of H-pyrrole nitrogens is 4. The van der Waals surface area contributed by atoms with E-state index in [4.69, 9.17) is 0 Å². The molecule has 4 N–H and O–H groups in total. The third-order valence-corrected chi connectivity index (χ3v) is 22.1. The molecule has 100 heavy (non-hydrogen) atoms. The van der Waals surface area contributed by atoms with Gasteiger partial charge < -0.3 is 19.9 Å². The lowest BCUT2D eigenvalue weighted by Gasteiger charge is -2.21. The Morgan fingerprint density at radius 2 is 0.270 bits per heavy atom. The summed E-state index contributed by atoms with van der Waals surface area (Å²) in [4.78, 5) is 17.7. The van der Waals surface area contributed by atoms with Crippen LogP contribution in [0.25, 0.3) is 129 Å². The molecule has 16 aromatic carbocycles. The monoisotopic (exact) mass is 1290 g/mol. The Hall–Kier alpha value is -12.5. The highest BCUT2D eigenvalue weighted by atomic mass is 19.1. The van der Waals surface area contributed by atoms with E-state index in [9.17, 15) is 0 Å². The van der Waals surface area contributed by atoms with Gasteiger partial charge in [0.15, 0.2) is 0 Å². The second kappa shape index (κ2) is 21.5. The normalized spacial score (nSPS) is 15.8. The van der Waals surface area contributed by atoms with Crippen molar-refractivity contribution in [1.82, 2.24) is 19.9 Å². The number of aromatic amines is 4. The Labute approximate surface area is 569 Å². The van der Waals surface area contributed by atoms with Crippen LogP contribution in [-0.2, 0) is 0 Å². The Kier molecular flexibility index (Phi) is 12.2. The molecule has 0 unspecified atom stereocenters. The van der Waals surface area contributed by atoms with Gasteiger partial charge in [0.05, 0.1) is 23.7 Å². The van der Waals surface area contributed by atoms with Crippen molar-refractivity contribution in [2.24, 2.45) is 0 Å². The van der Waals surface area contributed by atoms with Crippen LogP contribution in [0, 0.1) is 23.3 Å². The predicted octanol–water partition coefficient (Wildman–Crippen LogP) is 24.4. The highest BCUT2D eigenvalue weighted by Gasteiger charge is 2.40. The standard InChI is InChI=1S/C92H56F4N4/c93-53-41-33-49(34-42-53)73-85-77-65-25-9-1-17-57(65)58-18-2-10-26-66(58)78(77)86(97-85)74(50-35-43-54(94)44-36-50)88-81-69-29-13-5-21-61(69)62-22-6-14-30-70(62)82(81)90(99-88)76(52-39-47-56(96)48-40-52)92-84-72-32-16-8-24-64(72)63-23-7-15-31-71(63)83(84)91(100-92)75(51-37-45-55(95)46-38-51)89-80-68-28-12-4-20-60(68)59-19-3-11-27-67(59)79(80)87(73)98-89/h1-48,73-76,97-100H. The number of nitrogens with one attached hydrogen (secondary N) is 4. The van der Waals surface area contributed by atoms with E-state index in [1.54, 1.807) is 48.5 Å². The average Bonchev–Trinajstić information content (AvgIpc) is 1.52. The fourth-order valence-electron chi connectivity index (χ4n) is 18.1. The Morgan fingerprint density at radius 1 is 0.150 bits per heavy atom. The second-order valence-corrected chi connectivity index (χ2v) is 27.1. The smallest absolute Gasteiger partial charge is 0.123 e. The fourth-order valence-corrected chi connectivity index (χ4v) is 18.1. The third-order valence-electron chi connectivity index (χ3n) is 22.1. The summed E-state index contributed by atoms with van der Waals surface area (Å²) < 4.78 is 64.7. The van der Waals surface area contributed by atoms with Crippen LogP contribution in [-0.4, -0.2) is 19.9 Å². The SMILES string of the molecule is Fc1ccc(C2c3[nH]c(c4c5ccccc5c5ccccc5c34)C(c3ccc(F)cc3)c3[nH]c(c4c5ccccc5c5ccccc5c34)C(c3ccc(F)cc3)c3[nH]c(c4c5ccccc5c5ccccc5c34)C(c3ccc(F)cc3)c3[nH]c2c2c4ccccc4c4ccccc4c32)cc1. The number of aromatic nitrogens is 4. The molecule has 0 atom stereocenters. The predicted molar refractivity (Wildman–Crippen MR) is 403 cm³/mol. The summed E-state index contributed by atoms with van der Waals surface area (Å²) in [5.41, 5.74) is 10.2. The van der Waals surface area contributed by atoms with Crippen LogP contribution >= 0.6 is 0 Å². The molecule has 0 radical (unpaired) electrons. The van der Waals surface area contributed by atoms with Crippen molar-refractivity contribution in [1.29, 1.82) is 0 Å². The Bertz CT molecular complexity index is 5700. The van der Waals surface area contributed by atoms with Gasteiger partial charge >= 0.3 is 0 Å². The van der Waals surface area contributed by atoms with E-state index >= 15 is 17.6 Å². The van der Waals surface area contributed by atoms with Crippen LogP contribution < -0.4 is 0 Å².